The van der Waals surface area contributed by atoms with Crippen molar-refractivity contribution in [3.63, 3.8) is 0 Å². The molecule has 1 nitrogen and oxygen atoms in total. The summed E-state index contributed by atoms with van der Waals surface area (Å²) in [5, 5.41) is 0.136. The zero-order chi connectivity index (χ0) is 10.0. The first-order chi connectivity index (χ1) is 6.06. The highest BCUT2D eigenvalue weighted by molar-refractivity contribution is 14.1. The lowest BCUT2D eigenvalue weighted by atomic mass is 10.1. The third-order valence-corrected chi connectivity index (χ3v) is 4.23. The first kappa shape index (κ1) is 11.6. The fraction of sp³-hybridized carbons (Fsp3) is 0.125. The van der Waals surface area contributed by atoms with E-state index in [0.717, 1.165) is 8.04 Å². The maximum absolute atomic E-state index is 13.2. The molecule has 1 aromatic carbocycles. The number of alkyl halides is 1. The van der Waals surface area contributed by atoms with Crippen LogP contribution in [0.25, 0.3) is 0 Å². The van der Waals surface area contributed by atoms with Gasteiger partial charge in [-0.05, 0) is 50.7 Å². The largest absolute Gasteiger partial charge is 0.293 e. The van der Waals surface area contributed by atoms with Gasteiger partial charge in [-0.25, -0.2) is 4.39 Å². The van der Waals surface area contributed by atoms with Gasteiger partial charge in [0.2, 0.25) is 0 Å². The molecule has 0 saturated heterocycles. The zero-order valence-electron chi connectivity index (χ0n) is 6.28. The summed E-state index contributed by atoms with van der Waals surface area (Å²) in [7, 11) is 0. The van der Waals surface area contributed by atoms with E-state index in [2.05, 4.69) is 31.9 Å². The van der Waals surface area contributed by atoms with Crippen molar-refractivity contribution < 1.29 is 9.18 Å². The molecule has 70 valence electrons. The van der Waals surface area contributed by atoms with Crippen LogP contribution in [0.2, 0.25) is 0 Å². The van der Waals surface area contributed by atoms with Gasteiger partial charge in [0.05, 0.1) is 10.9 Å². The van der Waals surface area contributed by atoms with Gasteiger partial charge >= 0.3 is 0 Å². The highest BCUT2D eigenvalue weighted by Gasteiger charge is 2.12. The number of ketones is 1. The molecule has 0 aliphatic heterocycles. The Morgan fingerprint density at radius 3 is 2.69 bits per heavy atom. The summed E-state index contributed by atoms with van der Waals surface area (Å²) in [5.41, 5.74) is 0.115. The summed E-state index contributed by atoms with van der Waals surface area (Å²) < 4.78 is 14.7. The number of benzene rings is 1. The third-order valence-electron chi connectivity index (χ3n) is 1.43. The summed E-state index contributed by atoms with van der Waals surface area (Å²) in [6.45, 7) is 0. The molecule has 0 N–H and O–H groups in total. The van der Waals surface area contributed by atoms with E-state index >= 15 is 0 Å². The molecule has 0 heterocycles. The molecule has 0 atom stereocenters. The molecule has 0 unspecified atom stereocenters. The molecule has 1 aromatic rings. The van der Waals surface area contributed by atoms with Crippen molar-refractivity contribution in [2.45, 2.75) is 0 Å². The average Bonchev–Trinajstić information content (AvgIpc) is 2.10. The Morgan fingerprint density at radius 1 is 1.54 bits per heavy atom. The van der Waals surface area contributed by atoms with Gasteiger partial charge in [-0.3, -0.25) is 4.79 Å². The van der Waals surface area contributed by atoms with Crippen LogP contribution < -0.4 is 0 Å². The molecule has 0 aromatic heterocycles. The zero-order valence-corrected chi connectivity index (χ0v) is 11.6. The minimum atomic E-state index is -0.475. The van der Waals surface area contributed by atoms with Crippen LogP contribution in [-0.4, -0.2) is 11.1 Å². The highest BCUT2D eigenvalue weighted by atomic mass is 127. The van der Waals surface area contributed by atoms with Crippen LogP contribution in [0, 0.1) is 9.39 Å². The Morgan fingerprint density at radius 2 is 2.15 bits per heavy atom. The Balaban J connectivity index is 3.23. The predicted octanol–water partition coefficient (Wildman–Crippen LogP) is 3.77. The normalized spacial score (nSPS) is 10.2. The van der Waals surface area contributed by atoms with Gasteiger partial charge in [0, 0.05) is 8.04 Å². The van der Waals surface area contributed by atoms with E-state index in [-0.39, 0.29) is 16.7 Å². The van der Waals surface area contributed by atoms with E-state index < -0.39 is 5.82 Å². The van der Waals surface area contributed by atoms with Crippen molar-refractivity contribution in [3.8, 4) is 0 Å². The van der Waals surface area contributed by atoms with E-state index in [4.69, 9.17) is 0 Å². The Bertz CT molecular complexity index is 354. The highest BCUT2D eigenvalue weighted by Crippen LogP contribution is 2.23. The third kappa shape index (κ3) is 2.73. The van der Waals surface area contributed by atoms with Crippen molar-refractivity contribution in [2.75, 3.05) is 5.33 Å². The van der Waals surface area contributed by atoms with E-state index in [9.17, 15) is 9.18 Å². The van der Waals surface area contributed by atoms with E-state index in [1.54, 1.807) is 0 Å². The van der Waals surface area contributed by atoms with Crippen LogP contribution in [0.1, 0.15) is 10.4 Å². The first-order valence-electron chi connectivity index (χ1n) is 3.30. The van der Waals surface area contributed by atoms with E-state index in [1.165, 1.54) is 12.1 Å². The number of carbonyl (C=O) groups is 1. The second-order valence-electron chi connectivity index (χ2n) is 2.30. The van der Waals surface area contributed by atoms with Crippen LogP contribution in [-0.2, 0) is 0 Å². The standard InChI is InChI=1S/C8H4Br2FIO/c9-3-8(13)4-1-5(10)7(12)2-6(4)11/h1-2H,3H2. The smallest absolute Gasteiger partial charge is 0.176 e. The molecule has 0 aliphatic rings. The summed E-state index contributed by atoms with van der Waals surface area (Å²) in [5.74, 6) is -0.730. The SMILES string of the molecule is O=C(CBr)c1cc(Br)c(I)cc1F. The van der Waals surface area contributed by atoms with Crippen molar-refractivity contribution in [1.82, 2.24) is 0 Å². The van der Waals surface area contributed by atoms with E-state index in [1.807, 2.05) is 22.6 Å². The molecule has 0 radical (unpaired) electrons. The maximum atomic E-state index is 13.2. The topological polar surface area (TPSA) is 17.1 Å². The second kappa shape index (κ2) is 4.84. The van der Waals surface area contributed by atoms with Crippen LogP contribution in [0.3, 0.4) is 0 Å². The molecule has 5 heteroatoms. The van der Waals surface area contributed by atoms with Gasteiger partial charge < -0.3 is 0 Å². The summed E-state index contributed by atoms with van der Waals surface area (Å²) in [6.07, 6.45) is 0. The molecule has 0 fully saturated rings. The van der Waals surface area contributed by atoms with Gasteiger partial charge in [0.1, 0.15) is 5.82 Å². The number of Topliss-reactive ketones (excluding diaryl/α,β-unsaturated/α-hetero) is 1. The van der Waals surface area contributed by atoms with Crippen molar-refractivity contribution in [1.29, 1.82) is 0 Å². The molecule has 0 bridgehead atoms. The molecule has 0 spiro atoms. The lowest BCUT2D eigenvalue weighted by Crippen LogP contribution is -2.03. The summed E-state index contributed by atoms with van der Waals surface area (Å²) in [4.78, 5) is 11.2. The Kier molecular flexibility index (Phi) is 4.31. The summed E-state index contributed by atoms with van der Waals surface area (Å²) >= 11 is 8.22. The van der Waals surface area contributed by atoms with Crippen LogP contribution in [0.4, 0.5) is 4.39 Å². The molecule has 13 heavy (non-hydrogen) atoms. The second-order valence-corrected chi connectivity index (χ2v) is 4.88. The average molecular weight is 422 g/mol. The van der Waals surface area contributed by atoms with Gasteiger partial charge in [-0.15, -0.1) is 0 Å². The summed E-state index contributed by atoms with van der Waals surface area (Å²) in [6, 6.07) is 2.83. The maximum Gasteiger partial charge on any atom is 0.176 e. The van der Waals surface area contributed by atoms with Gasteiger partial charge in [0.25, 0.3) is 0 Å². The molecular weight excluding hydrogens is 418 g/mol. The number of carbonyl (C=O) groups excluding carboxylic acids is 1. The van der Waals surface area contributed by atoms with Crippen molar-refractivity contribution >= 4 is 60.2 Å². The fourth-order valence-corrected chi connectivity index (χ4v) is 1.88. The Labute approximate surface area is 105 Å². The lowest BCUT2D eigenvalue weighted by Gasteiger charge is -2.02. The fourth-order valence-electron chi connectivity index (χ4n) is 0.808. The predicted molar refractivity (Wildman–Crippen MR) is 64.9 cm³/mol. The van der Waals surface area contributed by atoms with Gasteiger partial charge in [-0.1, -0.05) is 15.9 Å². The molecule has 0 saturated carbocycles. The monoisotopic (exact) mass is 420 g/mol. The molecule has 1 rings (SSSR count). The molecular formula is C8H4Br2FIO. The number of hydrogen-bond donors (Lipinski definition) is 0. The molecule has 0 aliphatic carbocycles. The van der Waals surface area contributed by atoms with Crippen molar-refractivity contribution in [2.24, 2.45) is 0 Å². The van der Waals surface area contributed by atoms with Crippen LogP contribution in [0.5, 0.6) is 0 Å². The number of hydrogen-bond acceptors (Lipinski definition) is 1. The minimum absolute atomic E-state index is 0.115. The minimum Gasteiger partial charge on any atom is -0.293 e. The van der Waals surface area contributed by atoms with Crippen molar-refractivity contribution in [3.05, 3.63) is 31.6 Å². The van der Waals surface area contributed by atoms with E-state index in [0.29, 0.717) is 0 Å². The van der Waals surface area contributed by atoms with Gasteiger partial charge in [0.15, 0.2) is 5.78 Å². The Hall–Kier alpha value is 0.510. The van der Waals surface area contributed by atoms with Gasteiger partial charge in [-0.2, -0.15) is 0 Å². The number of rotatable bonds is 2. The van der Waals surface area contributed by atoms with Crippen LogP contribution >= 0.6 is 54.5 Å². The molecule has 0 amide bonds. The first-order valence-corrected chi connectivity index (χ1v) is 6.29. The number of halogens is 4. The lowest BCUT2D eigenvalue weighted by molar-refractivity contribution is 0.102. The van der Waals surface area contributed by atoms with Crippen LogP contribution in [0.15, 0.2) is 16.6 Å². The quantitative estimate of drug-likeness (QED) is 0.307.